The normalized spacial score (nSPS) is 33.0. The number of hydrogen-bond acceptors (Lipinski definition) is 2. The van der Waals surface area contributed by atoms with E-state index in [2.05, 4.69) is 13.8 Å². The molecular formula is C19H25Cl3O2S. The van der Waals surface area contributed by atoms with E-state index >= 15 is 0 Å². The summed E-state index contributed by atoms with van der Waals surface area (Å²) in [5.41, 5.74) is 2.44. The summed E-state index contributed by atoms with van der Waals surface area (Å²) in [6.45, 7) is 7.02. The first-order valence-corrected chi connectivity index (χ1v) is 11.0. The van der Waals surface area contributed by atoms with E-state index in [0.717, 1.165) is 37.7 Å². The van der Waals surface area contributed by atoms with Crippen LogP contribution in [0.15, 0.2) is 6.07 Å². The summed E-state index contributed by atoms with van der Waals surface area (Å²) < 4.78 is 15.6. The van der Waals surface area contributed by atoms with Crippen molar-refractivity contribution >= 4 is 51.2 Å². The molecule has 0 spiro atoms. The fourth-order valence-electron chi connectivity index (χ4n) is 5.08. The van der Waals surface area contributed by atoms with Gasteiger partial charge in [-0.2, -0.15) is 0 Å². The zero-order valence-electron chi connectivity index (χ0n) is 14.9. The molecule has 0 aromatic heterocycles. The molecule has 2 unspecified atom stereocenters. The molecule has 1 fully saturated rings. The third-order valence-corrected chi connectivity index (χ3v) is 8.39. The van der Waals surface area contributed by atoms with Crippen molar-refractivity contribution in [3.05, 3.63) is 32.3 Å². The first-order valence-electron chi connectivity index (χ1n) is 8.75. The van der Waals surface area contributed by atoms with E-state index in [-0.39, 0.29) is 10.8 Å². The largest absolute Gasteiger partial charge is 0.315 e. The molecule has 6 heteroatoms. The number of rotatable bonds is 3. The van der Waals surface area contributed by atoms with E-state index in [1.165, 1.54) is 5.56 Å². The van der Waals surface area contributed by atoms with E-state index in [0.29, 0.717) is 27.6 Å². The van der Waals surface area contributed by atoms with Gasteiger partial charge in [-0.05, 0) is 71.9 Å². The Labute approximate surface area is 168 Å². The molecule has 2 aliphatic rings. The summed E-state index contributed by atoms with van der Waals surface area (Å²) in [5, 5.41) is 3.32. The predicted molar refractivity (Wildman–Crippen MR) is 111 cm³/mol. The minimum absolute atomic E-state index is 0.00576. The van der Waals surface area contributed by atoms with E-state index in [1.807, 2.05) is 13.0 Å². The second-order valence-corrected chi connectivity index (χ2v) is 10.2. The first kappa shape index (κ1) is 20.0. The highest BCUT2D eigenvalue weighted by Crippen LogP contribution is 2.59. The van der Waals surface area contributed by atoms with Crippen molar-refractivity contribution in [2.75, 3.05) is 6.61 Å². The van der Waals surface area contributed by atoms with Crippen LogP contribution in [0.5, 0.6) is 0 Å². The van der Waals surface area contributed by atoms with Crippen molar-refractivity contribution in [2.45, 2.75) is 58.3 Å². The quantitative estimate of drug-likeness (QED) is 0.413. The average molecular weight is 424 g/mol. The van der Waals surface area contributed by atoms with Crippen molar-refractivity contribution in [3.63, 3.8) is 0 Å². The molecule has 0 saturated heterocycles. The van der Waals surface area contributed by atoms with E-state index in [4.69, 9.17) is 39.0 Å². The van der Waals surface area contributed by atoms with Crippen molar-refractivity contribution in [3.8, 4) is 0 Å². The van der Waals surface area contributed by atoms with Crippen molar-refractivity contribution in [2.24, 2.45) is 11.3 Å². The Kier molecular flexibility index (Phi) is 5.86. The number of benzene rings is 1. The van der Waals surface area contributed by atoms with Crippen LogP contribution < -0.4 is 0 Å². The lowest BCUT2D eigenvalue weighted by Gasteiger charge is -2.55. The van der Waals surface area contributed by atoms with Gasteiger partial charge in [-0.1, -0.05) is 55.1 Å². The van der Waals surface area contributed by atoms with Gasteiger partial charge in [0.2, 0.25) is 0 Å². The maximum absolute atomic E-state index is 9.82. The second-order valence-electron chi connectivity index (χ2n) is 7.80. The Morgan fingerprint density at radius 2 is 2.00 bits per heavy atom. The Morgan fingerprint density at radius 3 is 2.68 bits per heavy atom. The Balaban J connectivity index is 2.01. The summed E-state index contributed by atoms with van der Waals surface area (Å²) in [6, 6.07) is 2.03. The SMILES string of the molecule is C/C=S(\O)OC[C@]1(C)CCC[C@]2(C)c3cc(Cl)c(Cl)c(Cl)c3CCC12. The van der Waals surface area contributed by atoms with Crippen LogP contribution in [0.4, 0.5) is 0 Å². The Bertz CT molecular complexity index is 721. The molecule has 1 N–H and O–H groups in total. The van der Waals surface area contributed by atoms with E-state index < -0.39 is 11.0 Å². The highest BCUT2D eigenvalue weighted by Gasteiger charge is 2.52. The predicted octanol–water partition coefficient (Wildman–Crippen LogP) is 7.15. The Hall–Kier alpha value is 0.230. The van der Waals surface area contributed by atoms with Gasteiger partial charge in [-0.15, -0.1) is 0 Å². The standard InChI is InChI=1S/C19H25Cl3O2S/c1-4-25(23)24-11-18(2)8-5-9-19(3)13-10-14(20)17(22)16(21)12(13)6-7-15(18)19/h4,10,15,23H,5-9,11H2,1-3H3/t15?,18-,19+,25?/m0/s1. The van der Waals surface area contributed by atoms with Gasteiger partial charge in [0.1, 0.15) is 0 Å². The lowest BCUT2D eigenvalue weighted by atomic mass is 9.50. The fourth-order valence-corrected chi connectivity index (χ4v) is 6.32. The van der Waals surface area contributed by atoms with Crippen LogP contribution in [0.2, 0.25) is 15.1 Å². The maximum Gasteiger partial charge on any atom is 0.0781 e. The fraction of sp³-hybridized carbons (Fsp3) is 0.632. The molecule has 0 radical (unpaired) electrons. The molecule has 1 aromatic rings. The molecular weight excluding hydrogens is 399 g/mol. The van der Waals surface area contributed by atoms with Gasteiger partial charge in [0, 0.05) is 0 Å². The smallest absolute Gasteiger partial charge is 0.0781 e. The van der Waals surface area contributed by atoms with E-state index in [1.54, 1.807) is 5.37 Å². The summed E-state index contributed by atoms with van der Waals surface area (Å²) in [7, 11) is 0. The molecule has 2 nitrogen and oxygen atoms in total. The molecule has 0 bridgehead atoms. The molecule has 0 aliphatic heterocycles. The van der Waals surface area contributed by atoms with Crippen molar-refractivity contribution in [1.82, 2.24) is 0 Å². The summed E-state index contributed by atoms with van der Waals surface area (Å²) >= 11 is 18.1. The third kappa shape index (κ3) is 3.41. The van der Waals surface area contributed by atoms with Crippen molar-refractivity contribution in [1.29, 1.82) is 0 Å². The van der Waals surface area contributed by atoms with Gasteiger partial charge in [0.05, 0.1) is 32.7 Å². The zero-order chi connectivity index (χ0) is 18.4. The van der Waals surface area contributed by atoms with Crippen LogP contribution >= 0.6 is 45.8 Å². The van der Waals surface area contributed by atoms with Crippen LogP contribution in [0.3, 0.4) is 0 Å². The lowest BCUT2D eigenvalue weighted by Crippen LogP contribution is -2.50. The van der Waals surface area contributed by atoms with Gasteiger partial charge in [-0.25, -0.2) is 0 Å². The topological polar surface area (TPSA) is 29.5 Å². The minimum Gasteiger partial charge on any atom is -0.315 e. The van der Waals surface area contributed by atoms with E-state index in [9.17, 15) is 4.55 Å². The van der Waals surface area contributed by atoms with Crippen molar-refractivity contribution < 1.29 is 8.74 Å². The lowest BCUT2D eigenvalue weighted by molar-refractivity contribution is -0.00668. The monoisotopic (exact) mass is 422 g/mol. The molecule has 4 atom stereocenters. The second kappa shape index (κ2) is 7.33. The maximum atomic E-state index is 9.82. The highest BCUT2D eigenvalue weighted by molar-refractivity contribution is 8.05. The van der Waals surface area contributed by atoms with Gasteiger partial charge < -0.3 is 4.55 Å². The van der Waals surface area contributed by atoms with Gasteiger partial charge in [-0.3, -0.25) is 4.18 Å². The minimum atomic E-state index is -1.07. The van der Waals surface area contributed by atoms with Gasteiger partial charge in [0.15, 0.2) is 0 Å². The highest BCUT2D eigenvalue weighted by atomic mass is 35.5. The molecule has 1 aromatic carbocycles. The van der Waals surface area contributed by atoms with Crippen LogP contribution in [-0.2, 0) is 16.0 Å². The molecule has 0 heterocycles. The molecule has 0 amide bonds. The summed E-state index contributed by atoms with van der Waals surface area (Å²) in [6.07, 6.45) is 5.30. The van der Waals surface area contributed by atoms with Gasteiger partial charge in [0.25, 0.3) is 0 Å². The van der Waals surface area contributed by atoms with Crippen LogP contribution in [-0.4, -0.2) is 16.5 Å². The average Bonchev–Trinajstić information content (AvgIpc) is 2.58. The third-order valence-electron chi connectivity index (χ3n) is 6.33. The number of hydrogen-bond donors (Lipinski definition) is 1. The zero-order valence-corrected chi connectivity index (χ0v) is 18.0. The first-order chi connectivity index (χ1) is 11.7. The molecule has 25 heavy (non-hydrogen) atoms. The molecule has 3 rings (SSSR count). The summed E-state index contributed by atoms with van der Waals surface area (Å²) in [4.78, 5) is 0. The van der Waals surface area contributed by atoms with Crippen LogP contribution in [0.25, 0.3) is 0 Å². The Morgan fingerprint density at radius 1 is 1.28 bits per heavy atom. The molecule has 2 aliphatic carbocycles. The van der Waals surface area contributed by atoms with Crippen LogP contribution in [0, 0.1) is 11.3 Å². The number of halogens is 3. The van der Waals surface area contributed by atoms with Crippen LogP contribution in [0.1, 0.15) is 57.6 Å². The van der Waals surface area contributed by atoms with Gasteiger partial charge >= 0.3 is 0 Å². The molecule has 140 valence electrons. The molecule has 1 saturated carbocycles. The summed E-state index contributed by atoms with van der Waals surface area (Å²) in [5.74, 6) is 0.461. The number of fused-ring (bicyclic) bond motifs is 3.